The molecule has 0 saturated carbocycles. The van der Waals surface area contributed by atoms with Gasteiger partial charge in [0, 0.05) is 41.8 Å². The Labute approximate surface area is 216 Å². The molecule has 0 amide bonds. The minimum Gasteiger partial charge on any atom is -0.493 e. The molecule has 2 N–H and O–H groups in total. The SMILES string of the molecule is COc1cc2nc(Nc3ccc(-n4ccnc4)cc3)nc(NCc3cccc(C(F)(F)F)c3)c2cc1OC. The number of nitrogens with zero attached hydrogens (tertiary/aromatic N) is 4. The topological polar surface area (TPSA) is 86.1 Å². The summed E-state index contributed by atoms with van der Waals surface area (Å²) < 4.78 is 52.3. The number of nitrogens with one attached hydrogen (secondary N) is 2. The van der Waals surface area contributed by atoms with Gasteiger partial charge in [0.05, 0.1) is 31.6 Å². The highest BCUT2D eigenvalue weighted by atomic mass is 19.4. The van der Waals surface area contributed by atoms with Gasteiger partial charge in [-0.15, -0.1) is 0 Å². The number of hydrogen-bond acceptors (Lipinski definition) is 7. The number of anilines is 3. The molecule has 0 radical (unpaired) electrons. The zero-order chi connectivity index (χ0) is 26.7. The third-order valence-electron chi connectivity index (χ3n) is 5.84. The van der Waals surface area contributed by atoms with Crippen LogP contribution in [-0.2, 0) is 12.7 Å². The number of ether oxygens (including phenoxy) is 2. The molecule has 0 bridgehead atoms. The van der Waals surface area contributed by atoms with Crippen LogP contribution in [0.15, 0.2) is 79.4 Å². The molecule has 0 saturated heterocycles. The van der Waals surface area contributed by atoms with Crippen molar-refractivity contribution in [2.45, 2.75) is 12.7 Å². The number of rotatable bonds is 8. The Morgan fingerprint density at radius 1 is 0.921 bits per heavy atom. The third-order valence-corrected chi connectivity index (χ3v) is 5.84. The fourth-order valence-electron chi connectivity index (χ4n) is 3.95. The van der Waals surface area contributed by atoms with Crippen molar-refractivity contribution < 1.29 is 22.6 Å². The molecule has 0 fully saturated rings. The van der Waals surface area contributed by atoms with Gasteiger partial charge in [-0.05, 0) is 48.0 Å². The van der Waals surface area contributed by atoms with Crippen molar-refractivity contribution in [1.29, 1.82) is 0 Å². The second kappa shape index (κ2) is 10.3. The van der Waals surface area contributed by atoms with Gasteiger partial charge in [0.2, 0.25) is 5.95 Å². The van der Waals surface area contributed by atoms with Crippen LogP contribution in [-0.4, -0.2) is 33.7 Å². The van der Waals surface area contributed by atoms with Gasteiger partial charge in [-0.3, -0.25) is 0 Å². The quantitative estimate of drug-likeness (QED) is 0.252. The van der Waals surface area contributed by atoms with Crippen molar-refractivity contribution in [1.82, 2.24) is 19.5 Å². The average molecular weight is 521 g/mol. The maximum absolute atomic E-state index is 13.2. The summed E-state index contributed by atoms with van der Waals surface area (Å²) in [7, 11) is 3.04. The molecule has 5 rings (SSSR count). The Kier molecular flexibility index (Phi) is 6.73. The Hall–Kier alpha value is -4.80. The maximum atomic E-state index is 13.2. The van der Waals surface area contributed by atoms with E-state index in [0.29, 0.717) is 39.7 Å². The molecule has 194 valence electrons. The fourth-order valence-corrected chi connectivity index (χ4v) is 3.95. The van der Waals surface area contributed by atoms with Crippen molar-refractivity contribution >= 4 is 28.4 Å². The van der Waals surface area contributed by atoms with Crippen LogP contribution in [0.2, 0.25) is 0 Å². The molecule has 0 atom stereocenters. The van der Waals surface area contributed by atoms with Gasteiger partial charge in [-0.2, -0.15) is 18.2 Å². The van der Waals surface area contributed by atoms with Gasteiger partial charge in [-0.1, -0.05) is 12.1 Å². The first-order chi connectivity index (χ1) is 18.3. The number of benzene rings is 3. The molecule has 0 aliphatic rings. The molecule has 3 aromatic carbocycles. The summed E-state index contributed by atoms with van der Waals surface area (Å²) in [5.74, 6) is 1.68. The van der Waals surface area contributed by atoms with E-state index in [1.54, 1.807) is 30.7 Å². The molecule has 11 heteroatoms. The molecule has 0 spiro atoms. The van der Waals surface area contributed by atoms with Crippen molar-refractivity contribution in [2.24, 2.45) is 0 Å². The third kappa shape index (κ3) is 5.31. The standard InChI is InChI=1S/C27H23F3N6O2/c1-37-23-13-21-22(14-24(23)38-2)34-26(33-19-6-8-20(9-7-19)36-11-10-31-16-36)35-25(21)32-15-17-4-3-5-18(12-17)27(28,29)30/h3-14,16H,15H2,1-2H3,(H2,32,33,34,35). The lowest BCUT2D eigenvalue weighted by Gasteiger charge is -2.15. The number of alkyl halides is 3. The lowest BCUT2D eigenvalue weighted by Crippen LogP contribution is -2.08. The number of fused-ring (bicyclic) bond motifs is 1. The Balaban J connectivity index is 1.48. The van der Waals surface area contributed by atoms with E-state index >= 15 is 0 Å². The van der Waals surface area contributed by atoms with Gasteiger partial charge >= 0.3 is 6.18 Å². The van der Waals surface area contributed by atoms with Crippen LogP contribution in [0.3, 0.4) is 0 Å². The molecule has 8 nitrogen and oxygen atoms in total. The van der Waals surface area contributed by atoms with E-state index in [-0.39, 0.29) is 6.54 Å². The van der Waals surface area contributed by atoms with Gasteiger partial charge in [-0.25, -0.2) is 9.97 Å². The van der Waals surface area contributed by atoms with Crippen LogP contribution in [0.4, 0.5) is 30.6 Å². The van der Waals surface area contributed by atoms with E-state index in [9.17, 15) is 13.2 Å². The minimum atomic E-state index is -4.42. The zero-order valence-electron chi connectivity index (χ0n) is 20.5. The normalized spacial score (nSPS) is 11.4. The summed E-state index contributed by atoms with van der Waals surface area (Å²) in [6.07, 6.45) is 0.829. The van der Waals surface area contributed by atoms with E-state index in [1.807, 2.05) is 35.0 Å². The molecule has 0 unspecified atom stereocenters. The monoisotopic (exact) mass is 520 g/mol. The first-order valence-corrected chi connectivity index (χ1v) is 11.5. The summed E-state index contributed by atoms with van der Waals surface area (Å²) >= 11 is 0. The van der Waals surface area contributed by atoms with E-state index in [4.69, 9.17) is 9.47 Å². The summed E-state index contributed by atoms with van der Waals surface area (Å²) in [5.41, 5.74) is 1.99. The molecule has 5 aromatic rings. The first kappa shape index (κ1) is 24.9. The minimum absolute atomic E-state index is 0.115. The van der Waals surface area contributed by atoms with E-state index < -0.39 is 11.7 Å². The Morgan fingerprint density at radius 2 is 1.68 bits per heavy atom. The number of imidazole rings is 1. The number of halogens is 3. The van der Waals surface area contributed by atoms with E-state index in [2.05, 4.69) is 25.6 Å². The Morgan fingerprint density at radius 3 is 2.37 bits per heavy atom. The van der Waals surface area contributed by atoms with Gasteiger partial charge in [0.25, 0.3) is 0 Å². The molecule has 2 heterocycles. The predicted octanol–water partition coefficient (Wildman–Crippen LogP) is 6.21. The summed E-state index contributed by atoms with van der Waals surface area (Å²) in [4.78, 5) is 13.3. The highest BCUT2D eigenvalue weighted by Crippen LogP contribution is 2.35. The number of methoxy groups -OCH3 is 2. The van der Waals surface area contributed by atoms with Crippen molar-refractivity contribution in [3.8, 4) is 17.2 Å². The Bertz CT molecular complexity index is 1550. The second-order valence-electron chi connectivity index (χ2n) is 8.31. The highest BCUT2D eigenvalue weighted by Gasteiger charge is 2.30. The van der Waals surface area contributed by atoms with Crippen LogP contribution in [0.25, 0.3) is 16.6 Å². The summed E-state index contributed by atoms with van der Waals surface area (Å²) in [6.45, 7) is 0.115. The lowest BCUT2D eigenvalue weighted by atomic mass is 10.1. The number of aromatic nitrogens is 4. The molecule has 2 aromatic heterocycles. The highest BCUT2D eigenvalue weighted by molar-refractivity contribution is 5.93. The largest absolute Gasteiger partial charge is 0.493 e. The van der Waals surface area contributed by atoms with Crippen molar-refractivity contribution in [3.05, 3.63) is 90.5 Å². The maximum Gasteiger partial charge on any atom is 0.416 e. The fraction of sp³-hybridized carbons (Fsp3) is 0.148. The lowest BCUT2D eigenvalue weighted by molar-refractivity contribution is -0.137. The van der Waals surface area contributed by atoms with Crippen LogP contribution in [0.1, 0.15) is 11.1 Å². The zero-order valence-corrected chi connectivity index (χ0v) is 20.5. The summed E-state index contributed by atoms with van der Waals surface area (Å²) in [5, 5.41) is 6.98. The molecular formula is C27H23F3N6O2. The van der Waals surface area contributed by atoms with Crippen LogP contribution >= 0.6 is 0 Å². The van der Waals surface area contributed by atoms with Gasteiger partial charge < -0.3 is 24.7 Å². The van der Waals surface area contributed by atoms with E-state index in [0.717, 1.165) is 23.5 Å². The molecule has 38 heavy (non-hydrogen) atoms. The first-order valence-electron chi connectivity index (χ1n) is 11.5. The molecular weight excluding hydrogens is 497 g/mol. The number of hydrogen-bond donors (Lipinski definition) is 2. The van der Waals surface area contributed by atoms with Crippen molar-refractivity contribution in [3.63, 3.8) is 0 Å². The van der Waals surface area contributed by atoms with Crippen LogP contribution < -0.4 is 20.1 Å². The van der Waals surface area contributed by atoms with Crippen molar-refractivity contribution in [2.75, 3.05) is 24.9 Å². The summed E-state index contributed by atoms with van der Waals surface area (Å²) in [6, 6.07) is 16.2. The van der Waals surface area contributed by atoms with Crippen LogP contribution in [0.5, 0.6) is 11.5 Å². The van der Waals surface area contributed by atoms with Gasteiger partial charge in [0.15, 0.2) is 11.5 Å². The molecule has 0 aliphatic heterocycles. The smallest absolute Gasteiger partial charge is 0.416 e. The van der Waals surface area contributed by atoms with Crippen LogP contribution in [0, 0.1) is 0 Å². The predicted molar refractivity (Wildman–Crippen MR) is 138 cm³/mol. The average Bonchev–Trinajstić information content (AvgIpc) is 3.46. The van der Waals surface area contributed by atoms with Gasteiger partial charge in [0.1, 0.15) is 5.82 Å². The molecule has 0 aliphatic carbocycles. The van der Waals surface area contributed by atoms with E-state index in [1.165, 1.54) is 20.3 Å². The second-order valence-corrected chi connectivity index (χ2v) is 8.31.